The Morgan fingerprint density at radius 1 is 0.850 bits per heavy atom. The Morgan fingerprint density at radius 2 is 1.50 bits per heavy atom. The fraction of sp³-hybridized carbons (Fsp3) is 0.200. The lowest BCUT2D eigenvalue weighted by Crippen LogP contribution is -1.97. The number of anilines is 2. The number of rotatable bonds is 5. The first kappa shape index (κ1) is 14.3. The van der Waals surface area contributed by atoms with Crippen molar-refractivity contribution in [2.45, 2.75) is 0 Å². The number of nitrogens with one attached hydrogen (secondary N) is 1. The molecule has 0 aliphatic heterocycles. The molecule has 0 radical (unpaired) electrons. The van der Waals surface area contributed by atoms with Crippen LogP contribution in [-0.2, 0) is 0 Å². The van der Waals surface area contributed by atoms with Crippen LogP contribution in [0.5, 0.6) is 17.2 Å². The van der Waals surface area contributed by atoms with Gasteiger partial charge in [0, 0.05) is 28.5 Å². The summed E-state index contributed by atoms with van der Waals surface area (Å²) in [5.41, 5.74) is 1.70. The fourth-order valence-corrected chi connectivity index (χ4v) is 2.08. The first-order valence-electron chi connectivity index (χ1n) is 6.00. The lowest BCUT2D eigenvalue weighted by atomic mass is 10.2. The van der Waals surface area contributed by atoms with Gasteiger partial charge in [-0.1, -0.05) is 17.7 Å². The van der Waals surface area contributed by atoms with E-state index in [0.29, 0.717) is 22.3 Å². The molecular formula is C15H16ClNO3. The maximum Gasteiger partial charge on any atom is 0.203 e. The average molecular weight is 294 g/mol. The number of methoxy groups -OCH3 is 3. The molecule has 1 N–H and O–H groups in total. The second kappa shape index (κ2) is 6.39. The van der Waals surface area contributed by atoms with Crippen molar-refractivity contribution in [1.82, 2.24) is 0 Å². The van der Waals surface area contributed by atoms with Crippen molar-refractivity contribution < 1.29 is 14.2 Å². The number of halogens is 1. The van der Waals surface area contributed by atoms with E-state index in [2.05, 4.69) is 5.32 Å². The van der Waals surface area contributed by atoms with Crippen molar-refractivity contribution >= 4 is 23.0 Å². The van der Waals surface area contributed by atoms with Crippen LogP contribution >= 0.6 is 11.6 Å². The van der Waals surface area contributed by atoms with Crippen molar-refractivity contribution in [1.29, 1.82) is 0 Å². The lowest BCUT2D eigenvalue weighted by molar-refractivity contribution is 0.324. The summed E-state index contributed by atoms with van der Waals surface area (Å²) in [5, 5.41) is 3.91. The van der Waals surface area contributed by atoms with Gasteiger partial charge in [-0.2, -0.15) is 0 Å². The molecule has 2 rings (SSSR count). The standard InChI is InChI=1S/C15H16ClNO3/c1-18-13-8-12(9-14(19-2)15(13)20-3)17-11-6-4-5-10(16)7-11/h4-9,17H,1-3H3. The molecule has 0 saturated heterocycles. The summed E-state index contributed by atoms with van der Waals surface area (Å²) >= 11 is 5.97. The van der Waals surface area contributed by atoms with Gasteiger partial charge in [0.2, 0.25) is 5.75 Å². The molecule has 0 fully saturated rings. The van der Waals surface area contributed by atoms with Crippen LogP contribution in [-0.4, -0.2) is 21.3 Å². The van der Waals surface area contributed by atoms with Gasteiger partial charge in [-0.25, -0.2) is 0 Å². The van der Waals surface area contributed by atoms with Crippen LogP contribution in [0.25, 0.3) is 0 Å². The van der Waals surface area contributed by atoms with E-state index in [1.165, 1.54) is 0 Å². The van der Waals surface area contributed by atoms with Crippen LogP contribution in [0, 0.1) is 0 Å². The SMILES string of the molecule is COc1cc(Nc2cccc(Cl)c2)cc(OC)c1OC. The molecular weight excluding hydrogens is 278 g/mol. The second-order valence-electron chi connectivity index (χ2n) is 4.05. The Kier molecular flexibility index (Phi) is 4.58. The largest absolute Gasteiger partial charge is 0.493 e. The van der Waals surface area contributed by atoms with Gasteiger partial charge in [0.15, 0.2) is 11.5 Å². The molecule has 0 heterocycles. The van der Waals surface area contributed by atoms with E-state index < -0.39 is 0 Å². The number of hydrogen-bond donors (Lipinski definition) is 1. The molecule has 106 valence electrons. The van der Waals surface area contributed by atoms with Crippen molar-refractivity contribution in [3.05, 3.63) is 41.4 Å². The van der Waals surface area contributed by atoms with Crippen molar-refractivity contribution in [2.24, 2.45) is 0 Å². The van der Waals surface area contributed by atoms with Crippen LogP contribution in [0.1, 0.15) is 0 Å². The normalized spacial score (nSPS) is 10.0. The van der Waals surface area contributed by atoms with Gasteiger partial charge in [0.25, 0.3) is 0 Å². The molecule has 0 aliphatic carbocycles. The molecule has 20 heavy (non-hydrogen) atoms. The average Bonchev–Trinajstić information content (AvgIpc) is 2.46. The summed E-state index contributed by atoms with van der Waals surface area (Å²) in [6.07, 6.45) is 0. The highest BCUT2D eigenvalue weighted by molar-refractivity contribution is 6.30. The molecule has 0 aliphatic rings. The van der Waals surface area contributed by atoms with Crippen LogP contribution in [0.3, 0.4) is 0 Å². The zero-order valence-corrected chi connectivity index (χ0v) is 12.3. The number of hydrogen-bond acceptors (Lipinski definition) is 4. The zero-order valence-electron chi connectivity index (χ0n) is 11.6. The van der Waals surface area contributed by atoms with Crippen LogP contribution in [0.2, 0.25) is 5.02 Å². The Morgan fingerprint density at radius 3 is 2.00 bits per heavy atom. The summed E-state index contributed by atoms with van der Waals surface area (Å²) < 4.78 is 15.9. The fourth-order valence-electron chi connectivity index (χ4n) is 1.89. The van der Waals surface area contributed by atoms with Gasteiger partial charge in [0.1, 0.15) is 0 Å². The minimum absolute atomic E-state index is 0.562. The highest BCUT2D eigenvalue weighted by Crippen LogP contribution is 2.40. The van der Waals surface area contributed by atoms with Crippen LogP contribution in [0.4, 0.5) is 11.4 Å². The molecule has 5 heteroatoms. The van der Waals surface area contributed by atoms with E-state index in [1.807, 2.05) is 36.4 Å². The Balaban J connectivity index is 2.37. The predicted molar refractivity (Wildman–Crippen MR) is 80.8 cm³/mol. The molecule has 0 aromatic heterocycles. The summed E-state index contributed by atoms with van der Waals surface area (Å²) in [7, 11) is 4.74. The van der Waals surface area contributed by atoms with Crippen molar-refractivity contribution in [3.63, 3.8) is 0 Å². The maximum absolute atomic E-state index is 5.97. The summed E-state index contributed by atoms with van der Waals surface area (Å²) in [5.74, 6) is 1.75. The maximum atomic E-state index is 5.97. The molecule has 0 atom stereocenters. The highest BCUT2D eigenvalue weighted by atomic mass is 35.5. The van der Waals surface area contributed by atoms with Gasteiger partial charge in [-0.05, 0) is 18.2 Å². The van der Waals surface area contributed by atoms with Crippen LogP contribution < -0.4 is 19.5 Å². The summed E-state index contributed by atoms with van der Waals surface area (Å²) in [6.45, 7) is 0. The van der Waals surface area contributed by atoms with E-state index in [4.69, 9.17) is 25.8 Å². The third-order valence-electron chi connectivity index (χ3n) is 2.78. The van der Waals surface area contributed by atoms with Crippen LogP contribution in [0.15, 0.2) is 36.4 Å². The molecule has 0 unspecified atom stereocenters. The predicted octanol–water partition coefficient (Wildman–Crippen LogP) is 4.11. The van der Waals surface area contributed by atoms with Crippen molar-refractivity contribution in [2.75, 3.05) is 26.6 Å². The monoisotopic (exact) mass is 293 g/mol. The Bertz CT molecular complexity index is 576. The summed E-state index contributed by atoms with van der Waals surface area (Å²) in [6, 6.07) is 11.1. The molecule has 0 spiro atoms. The first-order chi connectivity index (χ1) is 9.67. The number of ether oxygens (including phenoxy) is 3. The van der Waals surface area contributed by atoms with E-state index in [9.17, 15) is 0 Å². The molecule has 0 bridgehead atoms. The molecule has 0 saturated carbocycles. The van der Waals surface area contributed by atoms with Gasteiger partial charge in [-0.15, -0.1) is 0 Å². The van der Waals surface area contributed by atoms with Gasteiger partial charge in [-0.3, -0.25) is 0 Å². The first-order valence-corrected chi connectivity index (χ1v) is 6.38. The quantitative estimate of drug-likeness (QED) is 0.900. The molecule has 2 aromatic carbocycles. The summed E-state index contributed by atoms with van der Waals surface area (Å²) in [4.78, 5) is 0. The minimum atomic E-state index is 0.562. The Hall–Kier alpha value is -2.07. The minimum Gasteiger partial charge on any atom is -0.493 e. The molecule has 0 amide bonds. The lowest BCUT2D eigenvalue weighted by Gasteiger charge is -2.15. The van der Waals surface area contributed by atoms with E-state index in [0.717, 1.165) is 11.4 Å². The van der Waals surface area contributed by atoms with Crippen molar-refractivity contribution in [3.8, 4) is 17.2 Å². The topological polar surface area (TPSA) is 39.7 Å². The number of benzene rings is 2. The van der Waals surface area contributed by atoms with E-state index >= 15 is 0 Å². The Labute approximate surface area is 123 Å². The third kappa shape index (κ3) is 3.08. The smallest absolute Gasteiger partial charge is 0.203 e. The second-order valence-corrected chi connectivity index (χ2v) is 4.49. The van der Waals surface area contributed by atoms with Gasteiger partial charge < -0.3 is 19.5 Å². The van der Waals surface area contributed by atoms with Gasteiger partial charge >= 0.3 is 0 Å². The third-order valence-corrected chi connectivity index (χ3v) is 3.01. The molecule has 2 aromatic rings. The van der Waals surface area contributed by atoms with Gasteiger partial charge in [0.05, 0.1) is 21.3 Å². The zero-order chi connectivity index (χ0) is 14.5. The highest BCUT2D eigenvalue weighted by Gasteiger charge is 2.13. The molecule has 4 nitrogen and oxygen atoms in total. The van der Waals surface area contributed by atoms with E-state index in [-0.39, 0.29) is 0 Å². The van der Waals surface area contributed by atoms with E-state index in [1.54, 1.807) is 21.3 Å².